The summed E-state index contributed by atoms with van der Waals surface area (Å²) in [6.45, 7) is 8.72. The number of anilines is 1. The second-order valence-electron chi connectivity index (χ2n) is 13.5. The van der Waals surface area contributed by atoms with Crippen molar-refractivity contribution < 1.29 is 24.3 Å². The van der Waals surface area contributed by atoms with Crippen LogP contribution in [0.3, 0.4) is 0 Å². The third-order valence-corrected chi connectivity index (χ3v) is 9.93. The summed E-state index contributed by atoms with van der Waals surface area (Å²) in [6, 6.07) is 16.6. The van der Waals surface area contributed by atoms with E-state index >= 15 is 0 Å². The van der Waals surface area contributed by atoms with Crippen LogP contribution in [0.1, 0.15) is 86.5 Å². The lowest BCUT2D eigenvalue weighted by Gasteiger charge is -2.36. The van der Waals surface area contributed by atoms with Gasteiger partial charge in [0.2, 0.25) is 17.7 Å². The van der Waals surface area contributed by atoms with Crippen LogP contribution in [0.2, 0.25) is 0 Å². The lowest BCUT2D eigenvalue weighted by molar-refractivity contribution is -0.138. The van der Waals surface area contributed by atoms with Crippen LogP contribution >= 0.6 is 0 Å². The van der Waals surface area contributed by atoms with Crippen molar-refractivity contribution in [3.63, 3.8) is 0 Å². The fraction of sp³-hybridized carbons (Fsp3) is 0.513. The second-order valence-corrected chi connectivity index (χ2v) is 13.5. The Morgan fingerprint density at radius 1 is 0.920 bits per heavy atom. The van der Waals surface area contributed by atoms with E-state index in [1.54, 1.807) is 30.9 Å². The Labute approximate surface area is 296 Å². The van der Waals surface area contributed by atoms with Gasteiger partial charge in [-0.15, -0.1) is 0 Å². The first-order valence-electron chi connectivity index (χ1n) is 18.0. The van der Waals surface area contributed by atoms with Gasteiger partial charge in [0.15, 0.2) is 5.78 Å². The summed E-state index contributed by atoms with van der Waals surface area (Å²) >= 11 is 0. The molecule has 2 atom stereocenters. The summed E-state index contributed by atoms with van der Waals surface area (Å²) in [4.78, 5) is 53.5. The Kier molecular flexibility index (Phi) is 14.7. The SMILES string of the molecule is CC(=O)c1ccnn1C.CCC(=O)NC(Cc1ccc(NC(=O)[C@@H](C)C2CCCCC2)cc1)C(=O)N1CCN(Cc2ccccc2CO)CC1. The maximum atomic E-state index is 13.6. The highest BCUT2D eigenvalue weighted by molar-refractivity contribution is 5.93. The Hall–Kier alpha value is -4.35. The maximum Gasteiger partial charge on any atom is 0.245 e. The van der Waals surface area contributed by atoms with Gasteiger partial charge in [0.05, 0.1) is 6.61 Å². The monoisotopic (exact) mass is 686 g/mol. The van der Waals surface area contributed by atoms with Crippen LogP contribution in [-0.2, 0) is 41.0 Å². The minimum atomic E-state index is -0.643. The standard InChI is InChI=1S/C33H46N4O4.C6H8N2O/c1-3-31(39)35-30(33(41)37-19-17-36(18-20-37)22-27-11-7-8-12-28(27)23-38)21-25-13-15-29(16-14-25)34-32(40)24(2)26-9-5-4-6-10-26;1-5(9)6-3-4-7-8(6)2/h7-8,11-16,24,26,30,38H,3-6,9-10,17-23H2,1-2H3,(H,34,40)(H,35,39);3-4H,1-2H3/t24-,30?;/m0./s1. The van der Waals surface area contributed by atoms with Crippen molar-refractivity contribution in [1.29, 1.82) is 0 Å². The molecule has 1 aliphatic carbocycles. The number of aliphatic hydroxyl groups is 1. The number of aliphatic hydroxyl groups excluding tert-OH is 1. The Morgan fingerprint density at radius 3 is 2.14 bits per heavy atom. The van der Waals surface area contributed by atoms with Crippen molar-refractivity contribution in [1.82, 2.24) is 24.9 Å². The number of piperazine rings is 1. The normalized spacial score (nSPS) is 16.5. The van der Waals surface area contributed by atoms with Gasteiger partial charge in [0.1, 0.15) is 11.7 Å². The number of ketones is 1. The second kappa shape index (κ2) is 19.2. The molecule has 3 N–H and O–H groups in total. The van der Waals surface area contributed by atoms with Crippen LogP contribution in [0.25, 0.3) is 0 Å². The first-order valence-corrected chi connectivity index (χ1v) is 18.0. The fourth-order valence-corrected chi connectivity index (χ4v) is 6.73. The lowest BCUT2D eigenvalue weighted by atomic mass is 9.80. The summed E-state index contributed by atoms with van der Waals surface area (Å²) in [7, 11) is 1.75. The molecule has 1 saturated heterocycles. The highest BCUT2D eigenvalue weighted by Crippen LogP contribution is 2.30. The number of aromatic nitrogens is 2. The zero-order chi connectivity index (χ0) is 36.0. The third-order valence-electron chi connectivity index (χ3n) is 9.93. The predicted octanol–water partition coefficient (Wildman–Crippen LogP) is 4.74. The maximum absolute atomic E-state index is 13.6. The van der Waals surface area contributed by atoms with E-state index in [1.165, 1.54) is 26.2 Å². The molecule has 11 nitrogen and oxygen atoms in total. The number of carbonyl (C=O) groups excluding carboxylic acids is 4. The molecular weight excluding hydrogens is 632 g/mol. The van der Waals surface area contributed by atoms with Gasteiger partial charge in [-0.1, -0.05) is 69.5 Å². The molecule has 270 valence electrons. The van der Waals surface area contributed by atoms with Gasteiger partial charge in [0, 0.05) is 77.3 Å². The Bertz CT molecular complexity index is 1560. The summed E-state index contributed by atoms with van der Waals surface area (Å²) in [5.41, 5.74) is 4.36. The molecule has 50 heavy (non-hydrogen) atoms. The third kappa shape index (κ3) is 11.1. The van der Waals surface area contributed by atoms with Crippen molar-refractivity contribution in [3.05, 3.63) is 83.2 Å². The molecule has 5 rings (SSSR count). The van der Waals surface area contributed by atoms with Crippen molar-refractivity contribution in [2.75, 3.05) is 31.5 Å². The highest BCUT2D eigenvalue weighted by Gasteiger charge is 2.29. The van der Waals surface area contributed by atoms with Gasteiger partial charge < -0.3 is 20.6 Å². The minimum Gasteiger partial charge on any atom is -0.392 e. The Morgan fingerprint density at radius 2 is 1.58 bits per heavy atom. The number of rotatable bonds is 12. The molecule has 0 bridgehead atoms. The number of amides is 3. The number of hydrogen-bond acceptors (Lipinski definition) is 7. The largest absolute Gasteiger partial charge is 0.392 e. The molecule has 1 unspecified atom stereocenters. The van der Waals surface area contributed by atoms with Crippen molar-refractivity contribution in [3.8, 4) is 0 Å². The molecule has 2 fully saturated rings. The van der Waals surface area contributed by atoms with Gasteiger partial charge in [-0.25, -0.2) is 0 Å². The summed E-state index contributed by atoms with van der Waals surface area (Å²) in [5, 5.41) is 19.5. The summed E-state index contributed by atoms with van der Waals surface area (Å²) in [5.74, 6) is 0.340. The minimum absolute atomic E-state index is 0.00822. The number of hydrogen-bond donors (Lipinski definition) is 3. The number of nitrogens with one attached hydrogen (secondary N) is 2. The van der Waals surface area contributed by atoms with Crippen LogP contribution in [0, 0.1) is 11.8 Å². The van der Waals surface area contributed by atoms with Crippen LogP contribution in [0.5, 0.6) is 0 Å². The first kappa shape index (κ1) is 38.5. The zero-order valence-electron chi connectivity index (χ0n) is 30.1. The fourth-order valence-electron chi connectivity index (χ4n) is 6.73. The van der Waals surface area contributed by atoms with E-state index in [1.807, 2.05) is 60.4 Å². The van der Waals surface area contributed by atoms with Gasteiger partial charge >= 0.3 is 0 Å². The predicted molar refractivity (Wildman–Crippen MR) is 194 cm³/mol. The molecule has 3 aromatic rings. The molecule has 2 aromatic carbocycles. The first-order chi connectivity index (χ1) is 24.1. The quantitative estimate of drug-likeness (QED) is 0.234. The van der Waals surface area contributed by atoms with Crippen LogP contribution < -0.4 is 10.6 Å². The van der Waals surface area contributed by atoms with E-state index in [9.17, 15) is 24.3 Å². The average molecular weight is 687 g/mol. The van der Waals surface area contributed by atoms with E-state index in [2.05, 4.69) is 20.6 Å². The topological polar surface area (TPSA) is 137 Å². The molecule has 2 heterocycles. The number of benzene rings is 2. The number of nitrogens with zero attached hydrogens (tertiary/aromatic N) is 4. The average Bonchev–Trinajstić information content (AvgIpc) is 3.58. The number of carbonyl (C=O) groups is 4. The number of aryl methyl sites for hydroxylation is 1. The van der Waals surface area contributed by atoms with Gasteiger partial charge in [0.25, 0.3) is 0 Å². The van der Waals surface area contributed by atoms with E-state index in [0.717, 1.165) is 54.9 Å². The van der Waals surface area contributed by atoms with Crippen LogP contribution in [0.15, 0.2) is 60.8 Å². The highest BCUT2D eigenvalue weighted by atomic mass is 16.3. The van der Waals surface area contributed by atoms with Crippen molar-refractivity contribution in [2.45, 2.75) is 84.9 Å². The van der Waals surface area contributed by atoms with Gasteiger partial charge in [-0.2, -0.15) is 5.10 Å². The van der Waals surface area contributed by atoms with Crippen molar-refractivity contribution >= 4 is 29.2 Å². The van der Waals surface area contributed by atoms with Gasteiger partial charge in [-0.05, 0) is 53.6 Å². The molecule has 3 amide bonds. The summed E-state index contributed by atoms with van der Waals surface area (Å²) in [6.07, 6.45) is 8.24. The zero-order valence-corrected chi connectivity index (χ0v) is 30.1. The molecule has 1 aromatic heterocycles. The molecule has 0 spiro atoms. The molecule has 0 radical (unpaired) electrons. The van der Waals surface area contributed by atoms with E-state index in [0.29, 0.717) is 37.5 Å². The van der Waals surface area contributed by atoms with E-state index in [4.69, 9.17) is 0 Å². The van der Waals surface area contributed by atoms with Crippen LogP contribution in [0.4, 0.5) is 5.69 Å². The van der Waals surface area contributed by atoms with Crippen LogP contribution in [-0.4, -0.2) is 80.4 Å². The van der Waals surface area contributed by atoms with Gasteiger partial charge in [-0.3, -0.25) is 28.8 Å². The molecule has 11 heteroatoms. The number of Topliss-reactive ketones (excluding diaryl/α,β-unsaturated/α-hetero) is 1. The molecule has 1 saturated carbocycles. The molecule has 1 aliphatic heterocycles. The smallest absolute Gasteiger partial charge is 0.245 e. The van der Waals surface area contributed by atoms with Crippen molar-refractivity contribution in [2.24, 2.45) is 18.9 Å². The summed E-state index contributed by atoms with van der Waals surface area (Å²) < 4.78 is 1.56. The lowest BCUT2D eigenvalue weighted by Crippen LogP contribution is -2.55. The Balaban J connectivity index is 0.000000541. The molecule has 2 aliphatic rings. The molecular formula is C39H54N6O5. The van der Waals surface area contributed by atoms with E-state index < -0.39 is 6.04 Å². The van der Waals surface area contributed by atoms with E-state index in [-0.39, 0.29) is 36.0 Å².